The van der Waals surface area contributed by atoms with E-state index in [1.54, 1.807) is 18.3 Å². The number of carbonyl (C=O) groups excluding carboxylic acids is 1. The SMILES string of the molecule is Cc1ccc(NC(=O)c2ccnc(C(C)(C)C)c2)cc1Cl. The molecule has 1 aromatic heterocycles. The monoisotopic (exact) mass is 302 g/mol. The fourth-order valence-electron chi connectivity index (χ4n) is 1.86. The Morgan fingerprint density at radius 1 is 1.19 bits per heavy atom. The van der Waals surface area contributed by atoms with Gasteiger partial charge in [0.2, 0.25) is 0 Å². The normalized spacial score (nSPS) is 11.3. The van der Waals surface area contributed by atoms with Gasteiger partial charge in [0.1, 0.15) is 0 Å². The highest BCUT2D eigenvalue weighted by molar-refractivity contribution is 6.31. The molecule has 2 aromatic rings. The Balaban J connectivity index is 2.22. The van der Waals surface area contributed by atoms with Gasteiger partial charge in [-0.2, -0.15) is 0 Å². The van der Waals surface area contributed by atoms with Gasteiger partial charge in [-0.05, 0) is 36.8 Å². The Morgan fingerprint density at radius 2 is 1.90 bits per heavy atom. The molecule has 0 fully saturated rings. The number of benzene rings is 1. The van der Waals surface area contributed by atoms with E-state index in [2.05, 4.69) is 31.1 Å². The van der Waals surface area contributed by atoms with Gasteiger partial charge in [-0.15, -0.1) is 0 Å². The van der Waals surface area contributed by atoms with E-state index in [0.29, 0.717) is 16.3 Å². The maximum Gasteiger partial charge on any atom is 0.255 e. The van der Waals surface area contributed by atoms with Gasteiger partial charge < -0.3 is 5.32 Å². The van der Waals surface area contributed by atoms with Crippen molar-refractivity contribution in [3.05, 3.63) is 58.4 Å². The molecule has 1 amide bonds. The molecule has 110 valence electrons. The van der Waals surface area contributed by atoms with Crippen molar-refractivity contribution in [2.75, 3.05) is 5.32 Å². The van der Waals surface area contributed by atoms with Crippen molar-refractivity contribution in [2.24, 2.45) is 0 Å². The molecule has 0 saturated heterocycles. The first-order valence-corrected chi connectivity index (χ1v) is 7.19. The van der Waals surface area contributed by atoms with E-state index in [1.807, 2.05) is 25.1 Å². The first-order chi connectivity index (χ1) is 9.77. The van der Waals surface area contributed by atoms with Crippen molar-refractivity contribution in [1.82, 2.24) is 4.98 Å². The van der Waals surface area contributed by atoms with Crippen LogP contribution >= 0.6 is 11.6 Å². The molecule has 0 unspecified atom stereocenters. The third-order valence-corrected chi connectivity index (χ3v) is 3.63. The summed E-state index contributed by atoms with van der Waals surface area (Å²) in [7, 11) is 0. The lowest BCUT2D eigenvalue weighted by Gasteiger charge is -2.18. The molecule has 1 heterocycles. The van der Waals surface area contributed by atoms with Crippen LogP contribution in [0.2, 0.25) is 5.02 Å². The standard InChI is InChI=1S/C17H19ClN2O/c1-11-5-6-13(10-14(11)18)20-16(21)12-7-8-19-15(9-12)17(2,3)4/h5-10H,1-4H3,(H,20,21). The lowest BCUT2D eigenvalue weighted by molar-refractivity contribution is 0.102. The van der Waals surface area contributed by atoms with Crippen LogP contribution in [0.1, 0.15) is 42.4 Å². The molecule has 1 aromatic carbocycles. The molecule has 0 bridgehead atoms. The summed E-state index contributed by atoms with van der Waals surface area (Å²) < 4.78 is 0. The summed E-state index contributed by atoms with van der Waals surface area (Å²) >= 11 is 6.07. The molecular formula is C17H19ClN2O. The van der Waals surface area contributed by atoms with Crippen LogP contribution in [0, 0.1) is 6.92 Å². The highest BCUT2D eigenvalue weighted by atomic mass is 35.5. The number of aryl methyl sites for hydroxylation is 1. The van der Waals surface area contributed by atoms with E-state index in [4.69, 9.17) is 11.6 Å². The number of pyridine rings is 1. The quantitative estimate of drug-likeness (QED) is 0.881. The summed E-state index contributed by atoms with van der Waals surface area (Å²) in [6.07, 6.45) is 1.66. The number of aromatic nitrogens is 1. The second kappa shape index (κ2) is 5.86. The molecule has 1 N–H and O–H groups in total. The number of carbonyl (C=O) groups is 1. The zero-order valence-corrected chi connectivity index (χ0v) is 13.5. The summed E-state index contributed by atoms with van der Waals surface area (Å²) in [5.74, 6) is -0.164. The summed E-state index contributed by atoms with van der Waals surface area (Å²) in [6, 6.07) is 9.00. The van der Waals surface area contributed by atoms with E-state index in [9.17, 15) is 4.79 Å². The zero-order valence-electron chi connectivity index (χ0n) is 12.7. The molecular weight excluding hydrogens is 284 g/mol. The molecule has 0 aliphatic heterocycles. The maximum absolute atomic E-state index is 12.3. The van der Waals surface area contributed by atoms with Crippen molar-refractivity contribution in [2.45, 2.75) is 33.1 Å². The summed E-state index contributed by atoms with van der Waals surface area (Å²) in [6.45, 7) is 8.12. The van der Waals surface area contributed by atoms with Gasteiger partial charge in [-0.3, -0.25) is 9.78 Å². The largest absolute Gasteiger partial charge is 0.322 e. The highest BCUT2D eigenvalue weighted by Crippen LogP contribution is 2.22. The Hall–Kier alpha value is -1.87. The lowest BCUT2D eigenvalue weighted by atomic mass is 9.91. The van der Waals surface area contributed by atoms with Crippen LogP contribution in [-0.2, 0) is 5.41 Å². The van der Waals surface area contributed by atoms with Crippen LogP contribution < -0.4 is 5.32 Å². The molecule has 4 heteroatoms. The summed E-state index contributed by atoms with van der Waals surface area (Å²) in [5, 5.41) is 3.49. The van der Waals surface area contributed by atoms with Crippen LogP contribution in [0.5, 0.6) is 0 Å². The fraction of sp³-hybridized carbons (Fsp3) is 0.294. The van der Waals surface area contributed by atoms with Crippen molar-refractivity contribution < 1.29 is 4.79 Å². The van der Waals surface area contributed by atoms with Crippen molar-refractivity contribution in [1.29, 1.82) is 0 Å². The molecule has 3 nitrogen and oxygen atoms in total. The molecule has 0 aliphatic rings. The molecule has 21 heavy (non-hydrogen) atoms. The van der Waals surface area contributed by atoms with E-state index in [-0.39, 0.29) is 11.3 Å². The van der Waals surface area contributed by atoms with Gasteiger partial charge in [0.25, 0.3) is 5.91 Å². The average molecular weight is 303 g/mol. The first kappa shape index (κ1) is 15.5. The van der Waals surface area contributed by atoms with Gasteiger partial charge in [0, 0.05) is 33.6 Å². The summed E-state index contributed by atoms with van der Waals surface area (Å²) in [5.41, 5.74) is 3.05. The second-order valence-corrected chi connectivity index (χ2v) is 6.51. The smallest absolute Gasteiger partial charge is 0.255 e. The predicted octanol–water partition coefficient (Wildman–Crippen LogP) is 4.59. The van der Waals surface area contributed by atoms with Crippen LogP contribution in [0.3, 0.4) is 0 Å². The summed E-state index contributed by atoms with van der Waals surface area (Å²) in [4.78, 5) is 16.6. The Kier molecular flexibility index (Phi) is 4.33. The van der Waals surface area contributed by atoms with Gasteiger partial charge in [-0.25, -0.2) is 0 Å². The average Bonchev–Trinajstić information content (AvgIpc) is 2.42. The van der Waals surface area contributed by atoms with E-state index >= 15 is 0 Å². The van der Waals surface area contributed by atoms with Crippen molar-refractivity contribution in [3.8, 4) is 0 Å². The number of halogens is 1. The first-order valence-electron chi connectivity index (χ1n) is 6.81. The van der Waals surface area contributed by atoms with Crippen LogP contribution in [0.25, 0.3) is 0 Å². The lowest BCUT2D eigenvalue weighted by Crippen LogP contribution is -2.17. The van der Waals surface area contributed by atoms with Gasteiger partial charge in [0.15, 0.2) is 0 Å². The zero-order chi connectivity index (χ0) is 15.6. The third-order valence-electron chi connectivity index (χ3n) is 3.22. The minimum atomic E-state index is -0.164. The van der Waals surface area contributed by atoms with Gasteiger partial charge >= 0.3 is 0 Å². The molecule has 0 spiro atoms. The Bertz CT molecular complexity index is 675. The van der Waals surface area contributed by atoms with Crippen LogP contribution in [0.15, 0.2) is 36.5 Å². The molecule has 0 atom stereocenters. The predicted molar refractivity (Wildman–Crippen MR) is 87.1 cm³/mol. The van der Waals surface area contributed by atoms with Crippen LogP contribution in [-0.4, -0.2) is 10.9 Å². The number of hydrogen-bond acceptors (Lipinski definition) is 2. The van der Waals surface area contributed by atoms with Gasteiger partial charge in [-0.1, -0.05) is 38.4 Å². The number of hydrogen-bond donors (Lipinski definition) is 1. The minimum absolute atomic E-state index is 0.0938. The second-order valence-electron chi connectivity index (χ2n) is 6.10. The van der Waals surface area contributed by atoms with Crippen LogP contribution in [0.4, 0.5) is 5.69 Å². The third kappa shape index (κ3) is 3.82. The number of nitrogens with one attached hydrogen (secondary N) is 1. The maximum atomic E-state index is 12.3. The number of anilines is 1. The molecule has 0 aliphatic carbocycles. The molecule has 0 saturated carbocycles. The highest BCUT2D eigenvalue weighted by Gasteiger charge is 2.17. The van der Waals surface area contributed by atoms with Crippen molar-refractivity contribution in [3.63, 3.8) is 0 Å². The number of amides is 1. The van der Waals surface area contributed by atoms with E-state index in [1.165, 1.54) is 0 Å². The number of nitrogens with zero attached hydrogens (tertiary/aromatic N) is 1. The topological polar surface area (TPSA) is 42.0 Å². The Labute approximate surface area is 130 Å². The Morgan fingerprint density at radius 3 is 2.52 bits per heavy atom. The minimum Gasteiger partial charge on any atom is -0.322 e. The molecule has 2 rings (SSSR count). The fourth-order valence-corrected chi connectivity index (χ4v) is 2.04. The van der Waals surface area contributed by atoms with E-state index in [0.717, 1.165) is 11.3 Å². The van der Waals surface area contributed by atoms with E-state index < -0.39 is 0 Å². The van der Waals surface area contributed by atoms with Gasteiger partial charge in [0.05, 0.1) is 0 Å². The number of rotatable bonds is 2. The van der Waals surface area contributed by atoms with Crippen molar-refractivity contribution >= 4 is 23.2 Å². The molecule has 0 radical (unpaired) electrons.